The van der Waals surface area contributed by atoms with Crippen molar-refractivity contribution in [2.45, 2.75) is 25.4 Å². The van der Waals surface area contributed by atoms with Gasteiger partial charge in [0.05, 0.1) is 19.3 Å². The van der Waals surface area contributed by atoms with Crippen LogP contribution < -0.4 is 10.2 Å². The third-order valence-corrected chi connectivity index (χ3v) is 6.41. The maximum atomic E-state index is 5.44. The number of hydrogen-bond acceptors (Lipinski definition) is 5. The summed E-state index contributed by atoms with van der Waals surface area (Å²) in [5.74, 6) is 0. The Labute approximate surface area is 160 Å². The molecule has 1 N–H and O–H groups in total. The van der Waals surface area contributed by atoms with Gasteiger partial charge in [0, 0.05) is 36.7 Å². The summed E-state index contributed by atoms with van der Waals surface area (Å²) in [6.07, 6.45) is 2.68. The average Bonchev–Trinajstić information content (AvgIpc) is 3.41. The van der Waals surface area contributed by atoms with E-state index in [9.17, 15) is 0 Å². The van der Waals surface area contributed by atoms with Crippen LogP contribution in [0.4, 0.5) is 5.69 Å². The summed E-state index contributed by atoms with van der Waals surface area (Å²) in [4.78, 5) is 6.53. The standard InChI is InChI=1S/C21H29N3OS/c1-2-10-24(9-1)20(21-4-3-15-26-21)17-22-16-18-5-7-19(8-6-18)23-11-13-25-14-12-23/h3-8,15,20,22H,1-2,9-14,16-17H2/t20-/m0/s1. The second kappa shape index (κ2) is 9.00. The smallest absolute Gasteiger partial charge is 0.0642 e. The van der Waals surface area contributed by atoms with Crippen molar-refractivity contribution in [1.29, 1.82) is 0 Å². The van der Waals surface area contributed by atoms with E-state index in [1.807, 2.05) is 11.3 Å². The molecule has 0 radical (unpaired) electrons. The first-order valence-corrected chi connectivity index (χ1v) is 10.7. The van der Waals surface area contributed by atoms with Gasteiger partial charge in [-0.3, -0.25) is 4.90 Å². The normalized spacial score (nSPS) is 19.8. The summed E-state index contributed by atoms with van der Waals surface area (Å²) < 4.78 is 5.44. The Bertz CT molecular complexity index is 646. The van der Waals surface area contributed by atoms with Crippen LogP contribution in [0.25, 0.3) is 0 Å². The minimum atomic E-state index is 0.519. The molecule has 0 amide bonds. The van der Waals surface area contributed by atoms with Gasteiger partial charge in [0.2, 0.25) is 0 Å². The Hall–Kier alpha value is -1.40. The first kappa shape index (κ1) is 18.0. The van der Waals surface area contributed by atoms with Gasteiger partial charge in [-0.1, -0.05) is 18.2 Å². The van der Waals surface area contributed by atoms with E-state index < -0.39 is 0 Å². The largest absolute Gasteiger partial charge is 0.378 e. The molecule has 4 nitrogen and oxygen atoms in total. The van der Waals surface area contributed by atoms with E-state index in [4.69, 9.17) is 4.74 Å². The van der Waals surface area contributed by atoms with Crippen LogP contribution in [0.15, 0.2) is 41.8 Å². The molecule has 2 aliphatic rings. The number of rotatable bonds is 7. The predicted molar refractivity (Wildman–Crippen MR) is 109 cm³/mol. The topological polar surface area (TPSA) is 27.7 Å². The van der Waals surface area contributed by atoms with Crippen LogP contribution in [-0.4, -0.2) is 50.8 Å². The quantitative estimate of drug-likeness (QED) is 0.806. The van der Waals surface area contributed by atoms with Gasteiger partial charge >= 0.3 is 0 Å². The fourth-order valence-electron chi connectivity index (χ4n) is 3.94. The third kappa shape index (κ3) is 4.46. The molecule has 0 spiro atoms. The van der Waals surface area contributed by atoms with Gasteiger partial charge in [0.15, 0.2) is 0 Å². The molecule has 1 aromatic carbocycles. The number of morpholine rings is 1. The van der Waals surface area contributed by atoms with Crippen molar-refractivity contribution in [3.63, 3.8) is 0 Å². The molecule has 2 aromatic rings. The molecular formula is C21H29N3OS. The first-order valence-electron chi connectivity index (χ1n) is 9.80. The van der Waals surface area contributed by atoms with E-state index in [-0.39, 0.29) is 0 Å². The summed E-state index contributed by atoms with van der Waals surface area (Å²) in [5, 5.41) is 5.89. The van der Waals surface area contributed by atoms with Crippen molar-refractivity contribution in [3.8, 4) is 0 Å². The zero-order valence-electron chi connectivity index (χ0n) is 15.4. The van der Waals surface area contributed by atoms with Gasteiger partial charge < -0.3 is 15.0 Å². The molecule has 2 saturated heterocycles. The molecule has 1 atom stereocenters. The molecule has 2 fully saturated rings. The number of benzene rings is 1. The fourth-order valence-corrected chi connectivity index (χ4v) is 4.80. The Kier molecular flexibility index (Phi) is 6.22. The number of likely N-dealkylation sites (tertiary alicyclic amines) is 1. The van der Waals surface area contributed by atoms with E-state index in [0.29, 0.717) is 6.04 Å². The van der Waals surface area contributed by atoms with Gasteiger partial charge in [0.1, 0.15) is 0 Å². The van der Waals surface area contributed by atoms with Gasteiger partial charge in [-0.05, 0) is 55.1 Å². The highest BCUT2D eigenvalue weighted by Crippen LogP contribution is 2.28. The van der Waals surface area contributed by atoms with Crippen LogP contribution in [0.2, 0.25) is 0 Å². The summed E-state index contributed by atoms with van der Waals surface area (Å²) >= 11 is 1.88. The molecule has 0 saturated carbocycles. The zero-order valence-corrected chi connectivity index (χ0v) is 16.2. The molecule has 0 aliphatic carbocycles. The summed E-state index contributed by atoms with van der Waals surface area (Å²) in [7, 11) is 0. The number of thiophene rings is 1. The van der Waals surface area contributed by atoms with E-state index >= 15 is 0 Å². The van der Waals surface area contributed by atoms with Crippen molar-refractivity contribution in [1.82, 2.24) is 10.2 Å². The van der Waals surface area contributed by atoms with Crippen LogP contribution in [-0.2, 0) is 11.3 Å². The van der Waals surface area contributed by atoms with Crippen molar-refractivity contribution < 1.29 is 4.74 Å². The van der Waals surface area contributed by atoms with Crippen molar-refractivity contribution in [2.75, 3.05) is 50.8 Å². The molecule has 140 valence electrons. The van der Waals surface area contributed by atoms with E-state index in [2.05, 4.69) is 56.9 Å². The second-order valence-corrected chi connectivity index (χ2v) is 8.15. The van der Waals surface area contributed by atoms with Gasteiger partial charge in [-0.15, -0.1) is 11.3 Å². The number of nitrogens with one attached hydrogen (secondary N) is 1. The molecule has 26 heavy (non-hydrogen) atoms. The Balaban J connectivity index is 1.31. The van der Waals surface area contributed by atoms with E-state index in [0.717, 1.165) is 39.4 Å². The third-order valence-electron chi connectivity index (χ3n) is 5.43. The highest BCUT2D eigenvalue weighted by molar-refractivity contribution is 7.10. The first-order chi connectivity index (χ1) is 12.9. The number of hydrogen-bond donors (Lipinski definition) is 1. The highest BCUT2D eigenvalue weighted by atomic mass is 32.1. The molecule has 0 bridgehead atoms. The summed E-state index contributed by atoms with van der Waals surface area (Å²) in [6, 6.07) is 14.0. The Morgan fingerprint density at radius 3 is 2.46 bits per heavy atom. The van der Waals surface area contributed by atoms with Crippen molar-refractivity contribution in [3.05, 3.63) is 52.2 Å². The van der Waals surface area contributed by atoms with E-state index in [1.54, 1.807) is 0 Å². The molecule has 0 unspecified atom stereocenters. The van der Waals surface area contributed by atoms with Crippen molar-refractivity contribution >= 4 is 17.0 Å². The Morgan fingerprint density at radius 1 is 1.00 bits per heavy atom. The zero-order chi connectivity index (χ0) is 17.6. The summed E-state index contributed by atoms with van der Waals surface area (Å²) in [5.41, 5.74) is 2.67. The molecule has 2 aliphatic heterocycles. The molecule has 1 aromatic heterocycles. The highest BCUT2D eigenvalue weighted by Gasteiger charge is 2.23. The van der Waals surface area contributed by atoms with Crippen LogP contribution in [0.5, 0.6) is 0 Å². The lowest BCUT2D eigenvalue weighted by atomic mass is 10.1. The van der Waals surface area contributed by atoms with Gasteiger partial charge in [0.25, 0.3) is 0 Å². The molecular weight excluding hydrogens is 342 g/mol. The number of anilines is 1. The van der Waals surface area contributed by atoms with Crippen LogP contribution >= 0.6 is 11.3 Å². The van der Waals surface area contributed by atoms with E-state index in [1.165, 1.54) is 42.1 Å². The lowest BCUT2D eigenvalue weighted by molar-refractivity contribution is 0.122. The lowest BCUT2D eigenvalue weighted by Gasteiger charge is -2.29. The van der Waals surface area contributed by atoms with Gasteiger partial charge in [-0.2, -0.15) is 0 Å². The van der Waals surface area contributed by atoms with Crippen LogP contribution in [0.1, 0.15) is 29.3 Å². The van der Waals surface area contributed by atoms with Crippen molar-refractivity contribution in [2.24, 2.45) is 0 Å². The lowest BCUT2D eigenvalue weighted by Crippen LogP contribution is -2.36. The molecule has 4 rings (SSSR count). The number of nitrogens with zero attached hydrogens (tertiary/aromatic N) is 2. The average molecular weight is 372 g/mol. The predicted octanol–water partition coefficient (Wildman–Crippen LogP) is 3.51. The number of ether oxygens (including phenoxy) is 1. The van der Waals surface area contributed by atoms with Crippen LogP contribution in [0, 0.1) is 0 Å². The van der Waals surface area contributed by atoms with Crippen LogP contribution in [0.3, 0.4) is 0 Å². The molecule has 5 heteroatoms. The molecule has 3 heterocycles. The second-order valence-electron chi connectivity index (χ2n) is 7.17. The SMILES string of the molecule is c1csc([C@H](CNCc2ccc(N3CCOCC3)cc2)N2CCCC2)c1. The monoisotopic (exact) mass is 371 g/mol. The Morgan fingerprint density at radius 2 is 1.77 bits per heavy atom. The minimum absolute atomic E-state index is 0.519. The maximum Gasteiger partial charge on any atom is 0.0642 e. The minimum Gasteiger partial charge on any atom is -0.378 e. The fraction of sp³-hybridized carbons (Fsp3) is 0.524. The van der Waals surface area contributed by atoms with Gasteiger partial charge in [-0.25, -0.2) is 0 Å². The maximum absolute atomic E-state index is 5.44. The summed E-state index contributed by atoms with van der Waals surface area (Å²) in [6.45, 7) is 8.08.